The second kappa shape index (κ2) is 6.85. The fourth-order valence-electron chi connectivity index (χ4n) is 1.42. The molecule has 0 aromatic carbocycles. The Kier molecular flexibility index (Phi) is 6.44. The van der Waals surface area contributed by atoms with Crippen molar-refractivity contribution in [3.05, 3.63) is 0 Å². The minimum Gasteiger partial charge on any atom is -0.480 e. The van der Waals surface area contributed by atoms with E-state index in [0.29, 0.717) is 6.42 Å². The summed E-state index contributed by atoms with van der Waals surface area (Å²) in [6, 6.07) is -0.943. The maximum Gasteiger partial charge on any atom is 0.323 e. The van der Waals surface area contributed by atoms with Gasteiger partial charge in [-0.15, -0.1) is 0 Å². The van der Waals surface area contributed by atoms with E-state index in [9.17, 15) is 18.0 Å². The third kappa shape index (κ3) is 5.56. The van der Waals surface area contributed by atoms with Gasteiger partial charge in [0.1, 0.15) is 6.04 Å². The number of nitrogens with zero attached hydrogens (tertiary/aromatic N) is 1. The van der Waals surface area contributed by atoms with Crippen LogP contribution in [-0.2, 0) is 19.6 Å². The molecule has 112 valence electrons. The lowest BCUT2D eigenvalue weighted by Crippen LogP contribution is -2.50. The Morgan fingerprint density at radius 1 is 1.21 bits per heavy atom. The Morgan fingerprint density at radius 3 is 2.00 bits per heavy atom. The van der Waals surface area contributed by atoms with Crippen LogP contribution >= 0.6 is 0 Å². The first-order valence-electron chi connectivity index (χ1n) is 5.94. The lowest BCUT2D eigenvalue weighted by atomic mass is 10.0. The molecule has 0 heterocycles. The average Bonchev–Trinajstić information content (AvgIpc) is 2.24. The number of hydrogen-bond donors (Lipinski definition) is 2. The van der Waals surface area contributed by atoms with Crippen molar-refractivity contribution in [1.82, 2.24) is 9.62 Å². The van der Waals surface area contributed by atoms with Crippen molar-refractivity contribution < 1.29 is 23.1 Å². The number of nitrogens with one attached hydrogen (secondary N) is 1. The Morgan fingerprint density at radius 2 is 1.68 bits per heavy atom. The Hall–Kier alpha value is -1.15. The van der Waals surface area contributed by atoms with E-state index in [2.05, 4.69) is 4.72 Å². The van der Waals surface area contributed by atoms with Crippen LogP contribution in [0.3, 0.4) is 0 Å². The topological polar surface area (TPSA) is 104 Å². The van der Waals surface area contributed by atoms with Crippen LogP contribution in [0.25, 0.3) is 0 Å². The van der Waals surface area contributed by atoms with Crippen molar-refractivity contribution in [2.45, 2.75) is 38.5 Å². The molecule has 0 aliphatic heterocycles. The summed E-state index contributed by atoms with van der Waals surface area (Å²) < 4.78 is 25.8. The quantitative estimate of drug-likeness (QED) is 0.681. The Labute approximate surface area is 114 Å². The largest absolute Gasteiger partial charge is 0.480 e. The zero-order valence-corrected chi connectivity index (χ0v) is 12.7. The summed E-state index contributed by atoms with van der Waals surface area (Å²) in [5, 5.41) is 7.15. The summed E-state index contributed by atoms with van der Waals surface area (Å²) in [7, 11) is -1.04. The van der Waals surface area contributed by atoms with Gasteiger partial charge in [-0.25, -0.2) is 13.1 Å². The van der Waals surface area contributed by atoms with Gasteiger partial charge in [0.2, 0.25) is 15.9 Å². The zero-order valence-electron chi connectivity index (χ0n) is 11.9. The van der Waals surface area contributed by atoms with E-state index in [4.69, 9.17) is 5.11 Å². The average molecular weight is 294 g/mol. The number of carbonyl (C=O) groups is 2. The van der Waals surface area contributed by atoms with Crippen molar-refractivity contribution in [2.24, 2.45) is 5.92 Å². The number of rotatable bonds is 7. The minimum absolute atomic E-state index is 0.0942. The smallest absolute Gasteiger partial charge is 0.323 e. The second-order valence-corrected chi connectivity index (χ2v) is 7.09. The Bertz CT molecular complexity index is 430. The number of sulfonamides is 1. The van der Waals surface area contributed by atoms with Crippen LogP contribution in [0.15, 0.2) is 0 Å². The predicted octanol–water partition coefficient (Wildman–Crippen LogP) is -0.118. The Balaban J connectivity index is 5.12. The molecule has 0 saturated carbocycles. The number of likely N-dealkylation sites (N-methyl/N-ethyl adjacent to an activating group) is 1. The van der Waals surface area contributed by atoms with E-state index in [1.54, 1.807) is 0 Å². The van der Waals surface area contributed by atoms with Crippen molar-refractivity contribution in [3.8, 4) is 0 Å². The molecular formula is C11H22N2O5S. The molecule has 0 aliphatic rings. The molecule has 2 unspecified atom stereocenters. The van der Waals surface area contributed by atoms with Gasteiger partial charge >= 0.3 is 5.97 Å². The van der Waals surface area contributed by atoms with Crippen LogP contribution in [-0.4, -0.2) is 55.7 Å². The monoisotopic (exact) mass is 294 g/mol. The van der Waals surface area contributed by atoms with Crippen LogP contribution in [0, 0.1) is 5.92 Å². The van der Waals surface area contributed by atoms with Crippen LogP contribution in [0.5, 0.6) is 0 Å². The first-order valence-corrected chi connectivity index (χ1v) is 7.48. The predicted molar refractivity (Wildman–Crippen MR) is 71.1 cm³/mol. The molecule has 0 bridgehead atoms. The molecule has 19 heavy (non-hydrogen) atoms. The first-order chi connectivity index (χ1) is 8.49. The second-order valence-electron chi connectivity index (χ2n) is 5.06. The van der Waals surface area contributed by atoms with Crippen LogP contribution in [0.2, 0.25) is 0 Å². The molecule has 7 nitrogen and oxygen atoms in total. The van der Waals surface area contributed by atoms with Gasteiger partial charge < -0.3 is 10.0 Å². The molecular weight excluding hydrogens is 272 g/mol. The molecule has 0 saturated heterocycles. The van der Waals surface area contributed by atoms with E-state index in [1.165, 1.54) is 19.0 Å². The van der Waals surface area contributed by atoms with Gasteiger partial charge in [-0.1, -0.05) is 13.8 Å². The van der Waals surface area contributed by atoms with Crippen molar-refractivity contribution in [2.75, 3.05) is 14.1 Å². The molecule has 0 radical (unpaired) electrons. The molecule has 2 N–H and O–H groups in total. The number of hydrogen-bond acceptors (Lipinski definition) is 4. The van der Waals surface area contributed by atoms with E-state index in [0.717, 1.165) is 6.92 Å². The highest BCUT2D eigenvalue weighted by molar-refractivity contribution is 7.90. The summed E-state index contributed by atoms with van der Waals surface area (Å²) in [4.78, 5) is 23.9. The van der Waals surface area contributed by atoms with E-state index < -0.39 is 33.2 Å². The van der Waals surface area contributed by atoms with Crippen molar-refractivity contribution in [1.29, 1.82) is 0 Å². The third-order valence-electron chi connectivity index (χ3n) is 2.57. The number of amides is 1. The molecule has 0 aromatic rings. The molecule has 0 fully saturated rings. The summed E-state index contributed by atoms with van der Waals surface area (Å²) in [5.74, 6) is -1.75. The molecule has 8 heteroatoms. The van der Waals surface area contributed by atoms with E-state index in [-0.39, 0.29) is 5.92 Å². The molecule has 1 amide bonds. The highest BCUT2D eigenvalue weighted by Crippen LogP contribution is 2.10. The summed E-state index contributed by atoms with van der Waals surface area (Å²) >= 11 is 0. The number of aliphatic carboxylic acids is 1. The third-order valence-corrected chi connectivity index (χ3v) is 4.31. The van der Waals surface area contributed by atoms with Crippen molar-refractivity contribution in [3.63, 3.8) is 0 Å². The van der Waals surface area contributed by atoms with Crippen LogP contribution in [0.4, 0.5) is 0 Å². The van der Waals surface area contributed by atoms with Gasteiger partial charge in [0, 0.05) is 14.1 Å². The molecule has 2 atom stereocenters. The lowest BCUT2D eigenvalue weighted by molar-refractivity contribution is -0.136. The summed E-state index contributed by atoms with van der Waals surface area (Å²) in [6.07, 6.45) is 0.308. The fraction of sp³-hybridized carbons (Fsp3) is 0.818. The minimum atomic E-state index is -4.08. The number of carboxylic acids is 1. The zero-order chi connectivity index (χ0) is 15.4. The van der Waals surface area contributed by atoms with E-state index >= 15 is 0 Å². The highest BCUT2D eigenvalue weighted by Gasteiger charge is 2.33. The van der Waals surface area contributed by atoms with Crippen LogP contribution < -0.4 is 4.72 Å². The number of carboxylic acid groups (broad SMARTS) is 1. The van der Waals surface area contributed by atoms with Gasteiger partial charge in [0.25, 0.3) is 0 Å². The van der Waals surface area contributed by atoms with Gasteiger partial charge in [0.15, 0.2) is 5.25 Å². The van der Waals surface area contributed by atoms with Crippen molar-refractivity contribution >= 4 is 21.9 Å². The van der Waals surface area contributed by atoms with Crippen LogP contribution in [0.1, 0.15) is 27.2 Å². The normalized spacial score (nSPS) is 15.1. The maximum absolute atomic E-state index is 11.9. The first kappa shape index (κ1) is 17.8. The molecule has 0 spiro atoms. The fourth-order valence-corrected chi connectivity index (χ4v) is 2.48. The lowest BCUT2D eigenvalue weighted by Gasteiger charge is -2.23. The van der Waals surface area contributed by atoms with Gasteiger partial charge in [-0.3, -0.25) is 9.59 Å². The van der Waals surface area contributed by atoms with Gasteiger partial charge in [0.05, 0.1) is 0 Å². The molecule has 0 aliphatic carbocycles. The highest BCUT2D eigenvalue weighted by atomic mass is 32.2. The molecule has 0 aromatic heterocycles. The maximum atomic E-state index is 11.9. The summed E-state index contributed by atoms with van der Waals surface area (Å²) in [5.41, 5.74) is 0. The van der Waals surface area contributed by atoms with Gasteiger partial charge in [-0.2, -0.15) is 0 Å². The standard InChI is InChI=1S/C11H22N2O5S/c1-7(2)6-9(10(14)13(4)5)12-19(17,18)8(3)11(15)16/h7-9,12H,6H2,1-5H3,(H,15,16). The molecule has 0 rings (SSSR count). The summed E-state index contributed by atoms with van der Waals surface area (Å²) in [6.45, 7) is 4.77. The van der Waals surface area contributed by atoms with E-state index in [1.807, 2.05) is 13.8 Å². The number of carbonyl (C=O) groups excluding carboxylic acids is 1. The SMILES string of the molecule is CC(C)CC(NS(=O)(=O)C(C)C(=O)O)C(=O)N(C)C. The van der Waals surface area contributed by atoms with Gasteiger partial charge in [-0.05, 0) is 19.3 Å².